The lowest BCUT2D eigenvalue weighted by Gasteiger charge is -2.23. The normalized spacial score (nSPS) is 18.6. The Bertz CT molecular complexity index is 402. The second-order valence-corrected chi connectivity index (χ2v) is 4.67. The number of rotatable bonds is 1. The van der Waals surface area contributed by atoms with E-state index in [0.29, 0.717) is 12.2 Å². The van der Waals surface area contributed by atoms with Crippen molar-refractivity contribution in [1.82, 2.24) is 10.4 Å². The molecular formula is C11H15N3O2. The number of carbonyl (C=O) groups is 1. The lowest BCUT2D eigenvalue weighted by Crippen LogP contribution is -2.37. The Morgan fingerprint density at radius 2 is 2.31 bits per heavy atom. The second-order valence-electron chi connectivity index (χ2n) is 4.67. The number of nitrogens with one attached hydrogen (secondary N) is 1. The number of aliphatic imine (C=N–C) groups is 1. The molecule has 0 amide bonds. The van der Waals surface area contributed by atoms with E-state index < -0.39 is 5.60 Å². The average molecular weight is 221 g/mol. The summed E-state index contributed by atoms with van der Waals surface area (Å²) in [5, 5.41) is 1.84. The molecule has 1 N–H and O–H groups in total. The third kappa shape index (κ3) is 2.24. The molecule has 0 fully saturated rings. The monoisotopic (exact) mass is 221 g/mol. The van der Waals surface area contributed by atoms with E-state index in [1.807, 2.05) is 25.8 Å². The van der Waals surface area contributed by atoms with E-state index >= 15 is 0 Å². The van der Waals surface area contributed by atoms with Crippen molar-refractivity contribution in [3.8, 4) is 0 Å². The molecule has 0 bridgehead atoms. The number of fused-ring (bicyclic) bond motifs is 1. The Balaban J connectivity index is 2.08. The standard InChI is InChI=1S/C11H15N3O2/c1-11(2,3)16-10(15)9-6-8-7-12-4-5-14(8)13-9/h4,6-7,13H,5H2,1-3H3. The summed E-state index contributed by atoms with van der Waals surface area (Å²) in [5.74, 6) is -0.345. The van der Waals surface area contributed by atoms with Crippen molar-refractivity contribution in [1.29, 1.82) is 0 Å². The molecule has 0 unspecified atom stereocenters. The molecular weight excluding hydrogens is 206 g/mol. The number of esters is 1. The molecule has 0 saturated heterocycles. The molecule has 0 aliphatic carbocycles. The predicted octanol–water partition coefficient (Wildman–Crippen LogP) is 0.958. The molecule has 2 aliphatic heterocycles. The van der Waals surface area contributed by atoms with Crippen LogP contribution < -0.4 is 5.43 Å². The van der Waals surface area contributed by atoms with Gasteiger partial charge in [0, 0.05) is 6.21 Å². The van der Waals surface area contributed by atoms with Crippen molar-refractivity contribution in [2.24, 2.45) is 4.99 Å². The summed E-state index contributed by atoms with van der Waals surface area (Å²) in [7, 11) is 0. The van der Waals surface area contributed by atoms with Crippen molar-refractivity contribution < 1.29 is 9.53 Å². The Hall–Kier alpha value is -1.78. The SMILES string of the molecule is CC(C)(C)OC(=O)C1=CC2=CN=CCN2N1. The minimum atomic E-state index is -0.479. The first-order chi connectivity index (χ1) is 7.46. The summed E-state index contributed by atoms with van der Waals surface area (Å²) in [6.07, 6.45) is 5.21. The van der Waals surface area contributed by atoms with Crippen LogP contribution in [0.1, 0.15) is 20.8 Å². The largest absolute Gasteiger partial charge is 0.455 e. The molecule has 0 spiro atoms. The summed E-state index contributed by atoms with van der Waals surface area (Å²) >= 11 is 0. The summed E-state index contributed by atoms with van der Waals surface area (Å²) in [6.45, 7) is 6.18. The van der Waals surface area contributed by atoms with E-state index in [2.05, 4.69) is 10.4 Å². The van der Waals surface area contributed by atoms with Crippen molar-refractivity contribution >= 4 is 12.2 Å². The maximum atomic E-state index is 11.8. The number of carbonyl (C=O) groups excluding carboxylic acids is 1. The van der Waals surface area contributed by atoms with Crippen LogP contribution in [0.3, 0.4) is 0 Å². The second kappa shape index (κ2) is 3.66. The molecule has 0 atom stereocenters. The van der Waals surface area contributed by atoms with E-state index in [1.165, 1.54) is 0 Å². The average Bonchev–Trinajstić information content (AvgIpc) is 2.58. The van der Waals surface area contributed by atoms with Crippen LogP contribution in [0.25, 0.3) is 0 Å². The van der Waals surface area contributed by atoms with Gasteiger partial charge in [-0.2, -0.15) is 0 Å². The van der Waals surface area contributed by atoms with Gasteiger partial charge in [0.15, 0.2) is 0 Å². The molecule has 2 aliphatic rings. The van der Waals surface area contributed by atoms with Crippen LogP contribution in [0.5, 0.6) is 0 Å². The zero-order valence-electron chi connectivity index (χ0n) is 9.65. The van der Waals surface area contributed by atoms with Gasteiger partial charge < -0.3 is 4.74 Å². The van der Waals surface area contributed by atoms with Gasteiger partial charge in [-0.1, -0.05) is 0 Å². The van der Waals surface area contributed by atoms with E-state index in [4.69, 9.17) is 4.74 Å². The third-order valence-corrected chi connectivity index (χ3v) is 2.05. The summed E-state index contributed by atoms with van der Waals surface area (Å²) in [4.78, 5) is 15.8. The maximum Gasteiger partial charge on any atom is 0.356 e. The highest BCUT2D eigenvalue weighted by atomic mass is 16.6. The van der Waals surface area contributed by atoms with Gasteiger partial charge in [0.2, 0.25) is 0 Å². The van der Waals surface area contributed by atoms with E-state index in [0.717, 1.165) is 5.70 Å². The maximum absolute atomic E-state index is 11.8. The van der Waals surface area contributed by atoms with Gasteiger partial charge in [-0.15, -0.1) is 0 Å². The fourth-order valence-corrected chi connectivity index (χ4v) is 1.42. The zero-order valence-corrected chi connectivity index (χ0v) is 9.65. The summed E-state index contributed by atoms with van der Waals surface area (Å²) in [5.41, 5.74) is 3.83. The van der Waals surface area contributed by atoms with Crippen molar-refractivity contribution in [3.63, 3.8) is 0 Å². The lowest BCUT2D eigenvalue weighted by molar-refractivity contribution is -0.150. The van der Waals surface area contributed by atoms with E-state index in [-0.39, 0.29) is 5.97 Å². The van der Waals surface area contributed by atoms with Crippen LogP contribution in [0, 0.1) is 0 Å². The highest BCUT2D eigenvalue weighted by Crippen LogP contribution is 2.19. The van der Waals surface area contributed by atoms with Crippen molar-refractivity contribution in [3.05, 3.63) is 23.7 Å². The van der Waals surface area contributed by atoms with Crippen LogP contribution in [0.4, 0.5) is 0 Å². The number of nitrogens with zero attached hydrogens (tertiary/aromatic N) is 2. The topological polar surface area (TPSA) is 53.9 Å². The Morgan fingerprint density at radius 3 is 2.94 bits per heavy atom. The Labute approximate surface area is 94.4 Å². The van der Waals surface area contributed by atoms with E-state index in [9.17, 15) is 4.79 Å². The summed E-state index contributed by atoms with van der Waals surface area (Å²) in [6, 6.07) is 0. The summed E-state index contributed by atoms with van der Waals surface area (Å²) < 4.78 is 5.26. The van der Waals surface area contributed by atoms with Gasteiger partial charge in [0.05, 0.1) is 18.4 Å². The van der Waals surface area contributed by atoms with Gasteiger partial charge in [0.25, 0.3) is 0 Å². The predicted molar refractivity (Wildman–Crippen MR) is 60.3 cm³/mol. The minimum absolute atomic E-state index is 0.345. The van der Waals surface area contributed by atoms with Crippen LogP contribution in [-0.4, -0.2) is 29.3 Å². The lowest BCUT2D eigenvalue weighted by atomic mass is 10.2. The first kappa shape index (κ1) is 10.7. The third-order valence-electron chi connectivity index (χ3n) is 2.05. The van der Waals surface area contributed by atoms with Crippen LogP contribution in [0.15, 0.2) is 28.7 Å². The fraction of sp³-hybridized carbons (Fsp3) is 0.455. The molecule has 5 nitrogen and oxygen atoms in total. The van der Waals surface area contributed by atoms with Crippen LogP contribution >= 0.6 is 0 Å². The van der Waals surface area contributed by atoms with Gasteiger partial charge in [-0.25, -0.2) is 4.79 Å². The van der Waals surface area contributed by atoms with Gasteiger partial charge in [-0.05, 0) is 26.8 Å². The van der Waals surface area contributed by atoms with E-state index in [1.54, 1.807) is 18.5 Å². The smallest absolute Gasteiger partial charge is 0.356 e. The van der Waals surface area contributed by atoms with Crippen LogP contribution in [-0.2, 0) is 9.53 Å². The molecule has 86 valence electrons. The number of allylic oxidation sites excluding steroid dienone is 1. The number of ether oxygens (including phenoxy) is 1. The molecule has 0 aromatic rings. The molecule has 0 aromatic carbocycles. The van der Waals surface area contributed by atoms with Crippen molar-refractivity contribution in [2.75, 3.05) is 6.54 Å². The molecule has 2 rings (SSSR count). The number of hydrogen-bond donors (Lipinski definition) is 1. The number of hydrazine groups is 1. The Morgan fingerprint density at radius 1 is 1.56 bits per heavy atom. The highest BCUT2D eigenvalue weighted by Gasteiger charge is 2.27. The first-order valence-electron chi connectivity index (χ1n) is 5.17. The molecule has 5 heteroatoms. The molecule has 0 aromatic heterocycles. The molecule has 16 heavy (non-hydrogen) atoms. The quantitative estimate of drug-likeness (QED) is 0.670. The van der Waals surface area contributed by atoms with Crippen LogP contribution in [0.2, 0.25) is 0 Å². The zero-order chi connectivity index (χ0) is 11.8. The van der Waals surface area contributed by atoms with Gasteiger partial charge >= 0.3 is 5.97 Å². The number of hydrogen-bond acceptors (Lipinski definition) is 5. The minimum Gasteiger partial charge on any atom is -0.455 e. The molecule has 0 saturated carbocycles. The molecule has 0 radical (unpaired) electrons. The van der Waals surface area contributed by atoms with Gasteiger partial charge in [-0.3, -0.25) is 15.4 Å². The molecule has 2 heterocycles. The van der Waals surface area contributed by atoms with Crippen molar-refractivity contribution in [2.45, 2.75) is 26.4 Å². The van der Waals surface area contributed by atoms with Gasteiger partial charge in [0.1, 0.15) is 11.3 Å². The highest BCUT2D eigenvalue weighted by molar-refractivity contribution is 5.89. The first-order valence-corrected chi connectivity index (χ1v) is 5.17. The Kier molecular flexibility index (Phi) is 2.46. The fourth-order valence-electron chi connectivity index (χ4n) is 1.42.